The number of carboxylic acid groups (broad SMARTS) is 1. The molecule has 1 aliphatic heterocycles. The van der Waals surface area contributed by atoms with E-state index in [0.29, 0.717) is 6.54 Å². The number of aliphatic carboxylic acids is 1. The zero-order chi connectivity index (χ0) is 13.8. The molecule has 0 radical (unpaired) electrons. The summed E-state index contributed by atoms with van der Waals surface area (Å²) in [6.07, 6.45) is -5.01. The van der Waals surface area contributed by atoms with Crippen LogP contribution in [0.2, 0.25) is 0 Å². The Hall–Kier alpha value is -0.820. The molecule has 0 aromatic rings. The van der Waals surface area contributed by atoms with Crippen molar-refractivity contribution in [3.63, 3.8) is 0 Å². The maximum Gasteiger partial charge on any atom is 0.389 e. The molecule has 0 aromatic heterocycles. The fourth-order valence-electron chi connectivity index (χ4n) is 2.18. The molecule has 0 aliphatic carbocycles. The van der Waals surface area contributed by atoms with Crippen LogP contribution in [0.1, 0.15) is 19.8 Å². The minimum atomic E-state index is -4.15. The van der Waals surface area contributed by atoms with E-state index in [1.165, 1.54) is 0 Å². The number of alkyl halides is 3. The second kappa shape index (κ2) is 6.38. The van der Waals surface area contributed by atoms with Crippen LogP contribution in [0.15, 0.2) is 0 Å². The minimum absolute atomic E-state index is 0.0137. The number of ether oxygens (including phenoxy) is 1. The predicted octanol–water partition coefficient (Wildman–Crippen LogP) is 1.75. The molecular weight excluding hydrogens is 251 g/mol. The standard InChI is InChI=1S/C11H18F3NO3/c1-2-15(5-3-4-11(12,13)14)9-7-18-6-8(9)10(16)17/h8-9H,2-7H2,1H3,(H,16,17). The smallest absolute Gasteiger partial charge is 0.389 e. The van der Waals surface area contributed by atoms with Crippen molar-refractivity contribution >= 4 is 5.97 Å². The second-order valence-corrected chi connectivity index (χ2v) is 4.40. The van der Waals surface area contributed by atoms with E-state index in [0.717, 1.165) is 0 Å². The van der Waals surface area contributed by atoms with Crippen molar-refractivity contribution < 1.29 is 27.8 Å². The van der Waals surface area contributed by atoms with Crippen LogP contribution in [0.25, 0.3) is 0 Å². The maximum atomic E-state index is 12.1. The molecule has 7 heteroatoms. The third-order valence-electron chi connectivity index (χ3n) is 3.15. The van der Waals surface area contributed by atoms with Gasteiger partial charge in [-0.2, -0.15) is 13.2 Å². The van der Waals surface area contributed by atoms with E-state index < -0.39 is 24.5 Å². The van der Waals surface area contributed by atoms with Gasteiger partial charge >= 0.3 is 12.1 Å². The lowest BCUT2D eigenvalue weighted by atomic mass is 10.0. The first-order chi connectivity index (χ1) is 8.35. The summed E-state index contributed by atoms with van der Waals surface area (Å²) >= 11 is 0. The van der Waals surface area contributed by atoms with Gasteiger partial charge in [0.1, 0.15) is 0 Å². The molecule has 0 spiro atoms. The molecule has 1 aliphatic rings. The number of carbonyl (C=O) groups is 1. The number of hydrogen-bond donors (Lipinski definition) is 1. The third-order valence-corrected chi connectivity index (χ3v) is 3.15. The number of hydrogen-bond acceptors (Lipinski definition) is 3. The molecule has 2 unspecified atom stereocenters. The van der Waals surface area contributed by atoms with Crippen molar-refractivity contribution in [2.24, 2.45) is 5.92 Å². The summed E-state index contributed by atoms with van der Waals surface area (Å²) in [6, 6.07) is -0.319. The topological polar surface area (TPSA) is 49.8 Å². The Morgan fingerprint density at radius 3 is 2.61 bits per heavy atom. The van der Waals surface area contributed by atoms with Crippen LogP contribution in [-0.4, -0.2) is 54.5 Å². The van der Waals surface area contributed by atoms with Gasteiger partial charge in [0.2, 0.25) is 0 Å². The quantitative estimate of drug-likeness (QED) is 0.798. The third kappa shape index (κ3) is 4.45. The summed E-state index contributed by atoms with van der Waals surface area (Å²) in [7, 11) is 0. The molecule has 1 N–H and O–H groups in total. The number of carboxylic acids is 1. The van der Waals surface area contributed by atoms with Crippen LogP contribution in [0, 0.1) is 5.92 Å². The van der Waals surface area contributed by atoms with Crippen LogP contribution in [0.4, 0.5) is 13.2 Å². The van der Waals surface area contributed by atoms with E-state index in [4.69, 9.17) is 9.84 Å². The minimum Gasteiger partial charge on any atom is -0.481 e. The van der Waals surface area contributed by atoms with Gasteiger partial charge in [-0.1, -0.05) is 6.92 Å². The number of halogens is 3. The van der Waals surface area contributed by atoms with E-state index >= 15 is 0 Å². The fraction of sp³-hybridized carbons (Fsp3) is 0.909. The van der Waals surface area contributed by atoms with Gasteiger partial charge in [0.25, 0.3) is 0 Å². The van der Waals surface area contributed by atoms with E-state index in [1.54, 1.807) is 4.90 Å². The summed E-state index contributed by atoms with van der Waals surface area (Å²) < 4.78 is 41.3. The van der Waals surface area contributed by atoms with E-state index in [2.05, 4.69) is 0 Å². The van der Waals surface area contributed by atoms with Gasteiger partial charge in [0, 0.05) is 12.5 Å². The van der Waals surface area contributed by atoms with Crippen molar-refractivity contribution in [1.82, 2.24) is 4.90 Å². The molecular formula is C11H18F3NO3. The van der Waals surface area contributed by atoms with E-state index in [1.807, 2.05) is 6.92 Å². The molecule has 106 valence electrons. The lowest BCUT2D eigenvalue weighted by Crippen LogP contribution is -2.43. The average Bonchev–Trinajstić information content (AvgIpc) is 2.71. The van der Waals surface area contributed by atoms with E-state index in [9.17, 15) is 18.0 Å². The van der Waals surface area contributed by atoms with Gasteiger partial charge in [-0.05, 0) is 19.5 Å². The lowest BCUT2D eigenvalue weighted by Gasteiger charge is -2.29. The van der Waals surface area contributed by atoms with Crippen LogP contribution in [0.5, 0.6) is 0 Å². The molecule has 0 aromatic carbocycles. The predicted molar refractivity (Wildman–Crippen MR) is 58.3 cm³/mol. The van der Waals surface area contributed by atoms with Crippen molar-refractivity contribution in [2.75, 3.05) is 26.3 Å². The average molecular weight is 269 g/mol. The highest BCUT2D eigenvalue weighted by Gasteiger charge is 2.37. The number of nitrogens with zero attached hydrogens (tertiary/aromatic N) is 1. The number of likely N-dealkylation sites (N-methyl/N-ethyl adjacent to an activating group) is 1. The van der Waals surface area contributed by atoms with Crippen molar-refractivity contribution in [2.45, 2.75) is 32.0 Å². The largest absolute Gasteiger partial charge is 0.481 e. The normalized spacial score (nSPS) is 24.7. The Morgan fingerprint density at radius 2 is 2.11 bits per heavy atom. The first kappa shape index (κ1) is 15.2. The molecule has 2 atom stereocenters. The zero-order valence-corrected chi connectivity index (χ0v) is 10.2. The Kier molecular flexibility index (Phi) is 5.40. The van der Waals surface area contributed by atoms with Gasteiger partial charge in [0.05, 0.1) is 19.1 Å². The highest BCUT2D eigenvalue weighted by Crippen LogP contribution is 2.24. The summed E-state index contributed by atoms with van der Waals surface area (Å²) in [4.78, 5) is 12.7. The molecule has 4 nitrogen and oxygen atoms in total. The highest BCUT2D eigenvalue weighted by atomic mass is 19.4. The van der Waals surface area contributed by atoms with Crippen LogP contribution >= 0.6 is 0 Å². The van der Waals surface area contributed by atoms with Gasteiger partial charge in [-0.3, -0.25) is 9.69 Å². The summed E-state index contributed by atoms with van der Waals surface area (Å²) in [5.41, 5.74) is 0. The molecule has 0 amide bonds. The summed E-state index contributed by atoms with van der Waals surface area (Å²) in [5.74, 6) is -1.59. The highest BCUT2D eigenvalue weighted by molar-refractivity contribution is 5.71. The molecule has 18 heavy (non-hydrogen) atoms. The molecule has 1 heterocycles. The Labute approximate surface area is 104 Å². The van der Waals surface area contributed by atoms with Gasteiger partial charge in [0.15, 0.2) is 0 Å². The SMILES string of the molecule is CCN(CCCC(F)(F)F)C1COCC1C(=O)O. The van der Waals surface area contributed by atoms with Crippen LogP contribution in [-0.2, 0) is 9.53 Å². The fourth-order valence-corrected chi connectivity index (χ4v) is 2.18. The Bertz CT molecular complexity index is 283. The Morgan fingerprint density at radius 1 is 1.44 bits per heavy atom. The maximum absolute atomic E-state index is 12.1. The monoisotopic (exact) mass is 269 g/mol. The number of rotatable bonds is 6. The zero-order valence-electron chi connectivity index (χ0n) is 10.2. The van der Waals surface area contributed by atoms with Crippen molar-refractivity contribution in [3.05, 3.63) is 0 Å². The second-order valence-electron chi connectivity index (χ2n) is 4.40. The van der Waals surface area contributed by atoms with Crippen LogP contribution < -0.4 is 0 Å². The van der Waals surface area contributed by atoms with Crippen molar-refractivity contribution in [1.29, 1.82) is 0 Å². The summed E-state index contributed by atoms with van der Waals surface area (Å²) in [6.45, 7) is 2.99. The lowest BCUT2D eigenvalue weighted by molar-refractivity contribution is -0.144. The Balaban J connectivity index is 2.47. The van der Waals surface area contributed by atoms with E-state index in [-0.39, 0.29) is 32.2 Å². The van der Waals surface area contributed by atoms with Gasteiger partial charge in [-0.25, -0.2) is 0 Å². The van der Waals surface area contributed by atoms with Gasteiger partial charge < -0.3 is 9.84 Å². The van der Waals surface area contributed by atoms with Crippen LogP contribution in [0.3, 0.4) is 0 Å². The molecule has 1 rings (SSSR count). The molecule has 1 saturated heterocycles. The molecule has 1 fully saturated rings. The van der Waals surface area contributed by atoms with Gasteiger partial charge in [-0.15, -0.1) is 0 Å². The first-order valence-electron chi connectivity index (χ1n) is 5.96. The summed E-state index contributed by atoms with van der Waals surface area (Å²) in [5, 5.41) is 9.00. The first-order valence-corrected chi connectivity index (χ1v) is 5.96. The molecule has 0 bridgehead atoms. The molecule has 0 saturated carbocycles. The van der Waals surface area contributed by atoms with Crippen molar-refractivity contribution in [3.8, 4) is 0 Å².